The van der Waals surface area contributed by atoms with Gasteiger partial charge in [0, 0.05) is 0 Å². The Hall–Kier alpha value is -2.94. The van der Waals surface area contributed by atoms with Gasteiger partial charge in [-0.25, -0.2) is 10.2 Å². The molecule has 28 heavy (non-hydrogen) atoms. The van der Waals surface area contributed by atoms with E-state index in [-0.39, 0.29) is 19.1 Å². The molecule has 0 saturated heterocycles. The number of anilines is 1. The Kier molecular flexibility index (Phi) is 7.94. The molecule has 0 unspecified atom stereocenters. The quantitative estimate of drug-likeness (QED) is 0.518. The average molecular weight is 404 g/mol. The van der Waals surface area contributed by atoms with E-state index in [1.54, 1.807) is 20.8 Å². The lowest BCUT2D eigenvalue weighted by atomic mass is 10.2. The van der Waals surface area contributed by atoms with Gasteiger partial charge in [0.05, 0.1) is 23.6 Å². The lowest BCUT2D eigenvalue weighted by Gasteiger charge is -2.08. The van der Waals surface area contributed by atoms with Crippen LogP contribution in [0.15, 0.2) is 29.4 Å². The third-order valence-corrected chi connectivity index (χ3v) is 4.62. The minimum Gasteiger partial charge on any atom is -0.484 e. The van der Waals surface area contributed by atoms with Gasteiger partial charge in [-0.2, -0.15) is 9.47 Å². The predicted octanol–water partition coefficient (Wildman–Crippen LogP) is 3.50. The first-order valence-electron chi connectivity index (χ1n) is 8.89. The van der Waals surface area contributed by atoms with Crippen molar-refractivity contribution in [1.29, 1.82) is 0 Å². The van der Waals surface area contributed by atoms with Crippen LogP contribution in [0.2, 0.25) is 0 Å². The number of aryl methyl sites for hydroxylation is 2. The van der Waals surface area contributed by atoms with Crippen LogP contribution in [0.1, 0.15) is 37.6 Å². The summed E-state index contributed by atoms with van der Waals surface area (Å²) in [7, 11) is 0. The highest BCUT2D eigenvalue weighted by Crippen LogP contribution is 2.25. The fourth-order valence-electron chi connectivity index (χ4n) is 2.35. The molecule has 0 saturated carbocycles. The topological polar surface area (TPSA) is 102 Å². The Bertz CT molecular complexity index is 846. The first-order chi connectivity index (χ1) is 13.4. The standard InChI is InChI=1S/C19H24N4O4S/c1-5-14-7-9-15(10-8-14)27-11-16(24)22-21-12(3)17-13(4)23-28-18(17)20-19(25)26-6-2/h7-10H,5-6,11H2,1-4H3,(H,20,25)(H,22,24)/b21-12+. The highest BCUT2D eigenvalue weighted by Gasteiger charge is 2.16. The number of benzene rings is 1. The number of hydrazone groups is 1. The molecule has 2 aromatic rings. The third-order valence-electron chi connectivity index (χ3n) is 3.77. The number of amides is 2. The van der Waals surface area contributed by atoms with Gasteiger partial charge in [0.15, 0.2) is 6.61 Å². The van der Waals surface area contributed by atoms with Crippen LogP contribution in [0.4, 0.5) is 9.80 Å². The summed E-state index contributed by atoms with van der Waals surface area (Å²) in [4.78, 5) is 23.6. The van der Waals surface area contributed by atoms with Crippen molar-refractivity contribution in [3.8, 4) is 5.75 Å². The molecule has 2 amide bonds. The van der Waals surface area contributed by atoms with Crippen LogP contribution in [0.5, 0.6) is 5.75 Å². The minimum absolute atomic E-state index is 0.156. The first kappa shape index (κ1) is 21.4. The fraction of sp³-hybridized carbons (Fsp3) is 0.368. The molecule has 0 aliphatic carbocycles. The summed E-state index contributed by atoms with van der Waals surface area (Å²) in [5.41, 5.74) is 5.51. The highest BCUT2D eigenvalue weighted by molar-refractivity contribution is 7.11. The van der Waals surface area contributed by atoms with Gasteiger partial charge in [-0.1, -0.05) is 19.1 Å². The summed E-state index contributed by atoms with van der Waals surface area (Å²) in [6.45, 7) is 7.42. The van der Waals surface area contributed by atoms with E-state index in [0.717, 1.165) is 18.0 Å². The lowest BCUT2D eigenvalue weighted by molar-refractivity contribution is -0.123. The lowest BCUT2D eigenvalue weighted by Crippen LogP contribution is -2.25. The SMILES string of the molecule is CCOC(=O)Nc1snc(C)c1/C(C)=N/NC(=O)COc1ccc(CC)cc1. The Morgan fingerprint density at radius 2 is 1.93 bits per heavy atom. The summed E-state index contributed by atoms with van der Waals surface area (Å²) in [5.74, 6) is 0.228. The third kappa shape index (κ3) is 6.05. The number of rotatable bonds is 8. The molecule has 1 aromatic carbocycles. The summed E-state index contributed by atoms with van der Waals surface area (Å²) in [5, 5.41) is 7.24. The Morgan fingerprint density at radius 3 is 2.57 bits per heavy atom. The number of nitrogens with one attached hydrogen (secondary N) is 2. The molecule has 2 N–H and O–H groups in total. The smallest absolute Gasteiger partial charge is 0.412 e. The zero-order valence-corrected chi connectivity index (χ0v) is 17.2. The number of hydrogen-bond donors (Lipinski definition) is 2. The van der Waals surface area contributed by atoms with E-state index in [0.29, 0.717) is 27.7 Å². The molecule has 9 heteroatoms. The van der Waals surface area contributed by atoms with Crippen molar-refractivity contribution < 1.29 is 19.1 Å². The molecule has 8 nitrogen and oxygen atoms in total. The van der Waals surface area contributed by atoms with E-state index in [1.807, 2.05) is 24.3 Å². The van der Waals surface area contributed by atoms with Crippen LogP contribution in [-0.4, -0.2) is 35.3 Å². The van der Waals surface area contributed by atoms with E-state index < -0.39 is 6.09 Å². The zero-order valence-electron chi connectivity index (χ0n) is 16.4. The molecular formula is C19H24N4O4S. The van der Waals surface area contributed by atoms with Gasteiger partial charge in [-0.15, -0.1) is 0 Å². The van der Waals surface area contributed by atoms with Gasteiger partial charge in [0.2, 0.25) is 0 Å². The van der Waals surface area contributed by atoms with E-state index in [9.17, 15) is 9.59 Å². The predicted molar refractivity (Wildman–Crippen MR) is 109 cm³/mol. The van der Waals surface area contributed by atoms with E-state index in [1.165, 1.54) is 5.56 Å². The van der Waals surface area contributed by atoms with Crippen LogP contribution in [-0.2, 0) is 16.0 Å². The number of aromatic nitrogens is 1. The number of carbonyl (C=O) groups is 2. The molecule has 0 aliphatic heterocycles. The number of nitrogens with zero attached hydrogens (tertiary/aromatic N) is 2. The van der Waals surface area contributed by atoms with Crippen LogP contribution < -0.4 is 15.5 Å². The van der Waals surface area contributed by atoms with Crippen LogP contribution in [0.3, 0.4) is 0 Å². The van der Waals surface area contributed by atoms with Crippen molar-refractivity contribution in [2.45, 2.75) is 34.1 Å². The molecule has 0 spiro atoms. The van der Waals surface area contributed by atoms with Crippen molar-refractivity contribution in [3.05, 3.63) is 41.1 Å². The highest BCUT2D eigenvalue weighted by atomic mass is 32.1. The summed E-state index contributed by atoms with van der Waals surface area (Å²) in [6, 6.07) is 7.57. The van der Waals surface area contributed by atoms with E-state index >= 15 is 0 Å². The van der Waals surface area contributed by atoms with Gasteiger partial charge in [0.25, 0.3) is 5.91 Å². The van der Waals surface area contributed by atoms with Crippen LogP contribution in [0.25, 0.3) is 0 Å². The number of hydrogen-bond acceptors (Lipinski definition) is 7. The maximum Gasteiger partial charge on any atom is 0.412 e. The molecule has 2 rings (SSSR count). The molecule has 1 heterocycles. The van der Waals surface area contributed by atoms with Crippen molar-refractivity contribution >= 4 is 34.2 Å². The number of ether oxygens (including phenoxy) is 2. The Labute approximate surface area is 168 Å². The van der Waals surface area contributed by atoms with Gasteiger partial charge in [-0.3, -0.25) is 10.1 Å². The zero-order chi connectivity index (χ0) is 20.5. The van der Waals surface area contributed by atoms with E-state index in [4.69, 9.17) is 9.47 Å². The summed E-state index contributed by atoms with van der Waals surface area (Å²) < 4.78 is 14.6. The molecule has 0 radical (unpaired) electrons. The average Bonchev–Trinajstić information content (AvgIpc) is 3.05. The van der Waals surface area contributed by atoms with Crippen molar-refractivity contribution in [3.63, 3.8) is 0 Å². The van der Waals surface area contributed by atoms with E-state index in [2.05, 4.69) is 27.1 Å². The second-order valence-corrected chi connectivity index (χ2v) is 6.61. The monoisotopic (exact) mass is 404 g/mol. The maximum absolute atomic E-state index is 12.0. The van der Waals surface area contributed by atoms with Crippen molar-refractivity contribution in [2.24, 2.45) is 5.10 Å². The summed E-state index contributed by atoms with van der Waals surface area (Å²) in [6.07, 6.45) is 0.380. The molecule has 0 fully saturated rings. The molecule has 0 aliphatic rings. The normalized spacial score (nSPS) is 11.1. The second-order valence-electron chi connectivity index (χ2n) is 5.84. The fourth-order valence-corrected chi connectivity index (χ4v) is 3.18. The number of carbonyl (C=O) groups excluding carboxylic acids is 2. The van der Waals surface area contributed by atoms with Gasteiger partial charge < -0.3 is 9.47 Å². The van der Waals surface area contributed by atoms with Gasteiger partial charge in [0.1, 0.15) is 10.8 Å². The Morgan fingerprint density at radius 1 is 1.21 bits per heavy atom. The minimum atomic E-state index is -0.563. The van der Waals surface area contributed by atoms with Crippen molar-refractivity contribution in [1.82, 2.24) is 9.80 Å². The molecule has 0 atom stereocenters. The van der Waals surface area contributed by atoms with Crippen LogP contribution in [0, 0.1) is 6.92 Å². The molecule has 0 bridgehead atoms. The van der Waals surface area contributed by atoms with Crippen molar-refractivity contribution in [2.75, 3.05) is 18.5 Å². The van der Waals surface area contributed by atoms with Gasteiger partial charge in [-0.05, 0) is 56.4 Å². The molecule has 150 valence electrons. The molecule has 1 aromatic heterocycles. The Balaban J connectivity index is 1.94. The largest absolute Gasteiger partial charge is 0.484 e. The summed E-state index contributed by atoms with van der Waals surface area (Å²) >= 11 is 1.12. The van der Waals surface area contributed by atoms with Crippen LogP contribution >= 0.6 is 11.5 Å². The molecular weight excluding hydrogens is 380 g/mol. The second kappa shape index (κ2) is 10.4. The maximum atomic E-state index is 12.0. The van der Waals surface area contributed by atoms with Gasteiger partial charge >= 0.3 is 6.09 Å². The first-order valence-corrected chi connectivity index (χ1v) is 9.67.